The number of amidine groups is 1. The molecule has 3 aromatic rings. The van der Waals surface area contributed by atoms with E-state index in [1.807, 2.05) is 42.5 Å². The number of aromatic hydroxyl groups is 1. The summed E-state index contributed by atoms with van der Waals surface area (Å²) in [5.41, 5.74) is 2.06. The van der Waals surface area contributed by atoms with Crippen LogP contribution in [0.3, 0.4) is 0 Å². The van der Waals surface area contributed by atoms with Gasteiger partial charge in [-0.25, -0.2) is 4.99 Å². The number of rotatable bonds is 5. The van der Waals surface area contributed by atoms with Gasteiger partial charge < -0.3 is 10.0 Å². The van der Waals surface area contributed by atoms with Crippen molar-refractivity contribution in [1.82, 2.24) is 4.90 Å². The molecule has 0 aromatic heterocycles. The lowest BCUT2D eigenvalue weighted by atomic mass is 9.94. The van der Waals surface area contributed by atoms with Crippen molar-refractivity contribution < 1.29 is 5.11 Å². The van der Waals surface area contributed by atoms with Crippen LogP contribution in [0, 0.1) is 0 Å². The highest BCUT2D eigenvalue weighted by Gasteiger charge is 2.25. The van der Waals surface area contributed by atoms with E-state index < -0.39 is 0 Å². The Balaban J connectivity index is 1.71. The van der Waals surface area contributed by atoms with Crippen molar-refractivity contribution in [3.8, 4) is 5.75 Å². The molecule has 0 aliphatic heterocycles. The van der Waals surface area contributed by atoms with E-state index in [-0.39, 0.29) is 0 Å². The van der Waals surface area contributed by atoms with Gasteiger partial charge in [-0.1, -0.05) is 73.0 Å². The van der Waals surface area contributed by atoms with Gasteiger partial charge in [0, 0.05) is 22.5 Å². The molecule has 0 atom stereocenters. The maximum absolute atomic E-state index is 9.71. The number of hydrogen-bond acceptors (Lipinski definition) is 3. The molecule has 1 N–H and O–H groups in total. The second-order valence-electron chi connectivity index (χ2n) is 7.87. The van der Waals surface area contributed by atoms with Crippen molar-refractivity contribution in [3.05, 3.63) is 89.4 Å². The summed E-state index contributed by atoms with van der Waals surface area (Å²) >= 11 is 7.80. The maximum Gasteiger partial charge on any atom is 0.169 e. The van der Waals surface area contributed by atoms with E-state index in [1.165, 1.54) is 42.6 Å². The third kappa shape index (κ3) is 6.28. The highest BCUT2D eigenvalue weighted by atomic mass is 35.5. The summed E-state index contributed by atoms with van der Waals surface area (Å²) in [5, 5.41) is 11.4. The molecule has 0 heterocycles. The SMILES string of the molecule is Oc1ccc(CN(C(=Nc2ccc(Cl)cc2)Sc2ccccc2)C2CCCCC2)cc1. The Morgan fingerprint density at radius 3 is 2.26 bits per heavy atom. The molecular formula is C26H27ClN2OS. The van der Waals surface area contributed by atoms with E-state index >= 15 is 0 Å². The third-order valence-electron chi connectivity index (χ3n) is 5.55. The lowest BCUT2D eigenvalue weighted by molar-refractivity contribution is 0.241. The van der Waals surface area contributed by atoms with Crippen molar-refractivity contribution >= 4 is 34.2 Å². The van der Waals surface area contributed by atoms with Crippen LogP contribution < -0.4 is 0 Å². The molecular weight excluding hydrogens is 424 g/mol. The van der Waals surface area contributed by atoms with Gasteiger partial charge in [0.2, 0.25) is 0 Å². The molecule has 4 rings (SSSR count). The van der Waals surface area contributed by atoms with Crippen molar-refractivity contribution in [1.29, 1.82) is 0 Å². The summed E-state index contributed by atoms with van der Waals surface area (Å²) in [4.78, 5) is 8.71. The first-order valence-electron chi connectivity index (χ1n) is 10.8. The molecule has 5 heteroatoms. The summed E-state index contributed by atoms with van der Waals surface area (Å²) in [6.07, 6.45) is 6.15. The quantitative estimate of drug-likeness (QED) is 0.246. The molecule has 0 radical (unpaired) electrons. The fourth-order valence-corrected chi connectivity index (χ4v) is 5.02. The topological polar surface area (TPSA) is 35.8 Å². The minimum Gasteiger partial charge on any atom is -0.508 e. The molecule has 0 unspecified atom stereocenters. The molecule has 0 bridgehead atoms. The van der Waals surface area contributed by atoms with Crippen LogP contribution in [-0.4, -0.2) is 21.2 Å². The normalized spacial score (nSPS) is 15.1. The molecule has 3 aromatic carbocycles. The molecule has 1 fully saturated rings. The van der Waals surface area contributed by atoms with Gasteiger partial charge in [-0.3, -0.25) is 0 Å². The van der Waals surface area contributed by atoms with Gasteiger partial charge in [-0.2, -0.15) is 0 Å². The largest absolute Gasteiger partial charge is 0.508 e. The Morgan fingerprint density at radius 2 is 1.58 bits per heavy atom. The molecule has 0 spiro atoms. The van der Waals surface area contributed by atoms with Gasteiger partial charge in [0.15, 0.2) is 5.17 Å². The van der Waals surface area contributed by atoms with Crippen molar-refractivity contribution in [3.63, 3.8) is 0 Å². The van der Waals surface area contributed by atoms with E-state index in [0.29, 0.717) is 16.8 Å². The number of hydrogen-bond donors (Lipinski definition) is 1. The zero-order valence-corrected chi connectivity index (χ0v) is 19.0. The molecule has 1 aliphatic rings. The van der Waals surface area contributed by atoms with Gasteiger partial charge >= 0.3 is 0 Å². The first kappa shape index (κ1) is 21.8. The number of phenols is 1. The summed E-state index contributed by atoms with van der Waals surface area (Å²) in [6, 6.07) is 26.1. The average molecular weight is 451 g/mol. The molecule has 1 saturated carbocycles. The predicted octanol–water partition coefficient (Wildman–Crippen LogP) is 7.66. The average Bonchev–Trinajstić information content (AvgIpc) is 2.81. The number of thioether (sulfide) groups is 1. The van der Waals surface area contributed by atoms with Crippen LogP contribution in [0.2, 0.25) is 5.02 Å². The van der Waals surface area contributed by atoms with E-state index in [2.05, 4.69) is 29.2 Å². The van der Waals surface area contributed by atoms with E-state index in [0.717, 1.165) is 17.4 Å². The summed E-state index contributed by atoms with van der Waals surface area (Å²) in [6.45, 7) is 0.761. The highest BCUT2D eigenvalue weighted by Crippen LogP contribution is 2.32. The summed E-state index contributed by atoms with van der Waals surface area (Å²) in [5.74, 6) is 0.293. The number of phenolic OH excluding ortho intramolecular Hbond substituents is 1. The van der Waals surface area contributed by atoms with Crippen LogP contribution in [0.4, 0.5) is 5.69 Å². The molecule has 3 nitrogen and oxygen atoms in total. The number of benzene rings is 3. The Kier molecular flexibility index (Phi) is 7.55. The maximum atomic E-state index is 9.71. The van der Waals surface area contributed by atoms with Gasteiger partial charge in [0.1, 0.15) is 5.75 Å². The Morgan fingerprint density at radius 1 is 0.903 bits per heavy atom. The van der Waals surface area contributed by atoms with Crippen LogP contribution >= 0.6 is 23.4 Å². The van der Waals surface area contributed by atoms with E-state index in [9.17, 15) is 5.11 Å². The minimum atomic E-state index is 0.293. The Labute approximate surface area is 193 Å². The Hall–Kier alpha value is -2.43. The highest BCUT2D eigenvalue weighted by molar-refractivity contribution is 8.13. The minimum absolute atomic E-state index is 0.293. The van der Waals surface area contributed by atoms with Gasteiger partial charge in [0.25, 0.3) is 0 Å². The van der Waals surface area contributed by atoms with E-state index in [4.69, 9.17) is 16.6 Å². The monoisotopic (exact) mass is 450 g/mol. The molecule has 31 heavy (non-hydrogen) atoms. The standard InChI is InChI=1S/C26H27ClN2OS/c27-21-13-15-22(16-14-21)28-26(31-25-9-5-2-6-10-25)29(23-7-3-1-4-8-23)19-20-11-17-24(30)18-12-20/h2,5-6,9-18,23,30H,1,3-4,7-8,19H2. The summed E-state index contributed by atoms with van der Waals surface area (Å²) < 4.78 is 0. The predicted molar refractivity (Wildman–Crippen MR) is 131 cm³/mol. The fraction of sp³-hybridized carbons (Fsp3) is 0.269. The fourth-order valence-electron chi connectivity index (χ4n) is 3.91. The summed E-state index contributed by atoms with van der Waals surface area (Å²) in [7, 11) is 0. The second kappa shape index (κ2) is 10.7. The smallest absolute Gasteiger partial charge is 0.169 e. The van der Waals surface area contributed by atoms with Crippen LogP contribution in [0.5, 0.6) is 5.75 Å². The number of aliphatic imine (C=N–C) groups is 1. The van der Waals surface area contributed by atoms with Crippen LogP contribution in [0.25, 0.3) is 0 Å². The lowest BCUT2D eigenvalue weighted by Crippen LogP contribution is -2.39. The molecule has 1 aliphatic carbocycles. The van der Waals surface area contributed by atoms with Crippen molar-refractivity contribution in [2.45, 2.75) is 49.6 Å². The van der Waals surface area contributed by atoms with Gasteiger partial charge in [-0.05, 0) is 66.9 Å². The van der Waals surface area contributed by atoms with Crippen LogP contribution in [0.15, 0.2) is 88.8 Å². The molecule has 0 amide bonds. The lowest BCUT2D eigenvalue weighted by Gasteiger charge is -2.36. The second-order valence-corrected chi connectivity index (χ2v) is 9.35. The van der Waals surface area contributed by atoms with Gasteiger partial charge in [-0.15, -0.1) is 0 Å². The Bertz CT molecular complexity index is 984. The number of nitrogens with zero attached hydrogens (tertiary/aromatic N) is 2. The van der Waals surface area contributed by atoms with Crippen LogP contribution in [-0.2, 0) is 6.54 Å². The third-order valence-corrected chi connectivity index (χ3v) is 6.82. The van der Waals surface area contributed by atoms with Crippen molar-refractivity contribution in [2.75, 3.05) is 0 Å². The molecule has 0 saturated heterocycles. The van der Waals surface area contributed by atoms with E-state index in [1.54, 1.807) is 23.9 Å². The first-order valence-corrected chi connectivity index (χ1v) is 12.0. The first-order chi connectivity index (χ1) is 15.2. The number of halogens is 1. The zero-order chi connectivity index (χ0) is 21.5. The van der Waals surface area contributed by atoms with Crippen molar-refractivity contribution in [2.24, 2.45) is 4.99 Å². The zero-order valence-electron chi connectivity index (χ0n) is 17.5. The van der Waals surface area contributed by atoms with Gasteiger partial charge in [0.05, 0.1) is 5.69 Å². The van der Waals surface area contributed by atoms with Crippen LogP contribution in [0.1, 0.15) is 37.7 Å². The molecule has 160 valence electrons.